The van der Waals surface area contributed by atoms with Crippen LogP contribution in [-0.4, -0.2) is 4.98 Å². The molecule has 2 rings (SSSR count). The molecule has 16 heavy (non-hydrogen) atoms. The van der Waals surface area contributed by atoms with Crippen molar-refractivity contribution in [1.82, 2.24) is 4.98 Å². The van der Waals surface area contributed by atoms with E-state index in [0.717, 1.165) is 16.9 Å². The summed E-state index contributed by atoms with van der Waals surface area (Å²) in [5, 5.41) is 3.15. The number of nitrogen functional groups attached to an aromatic ring is 1. The first kappa shape index (κ1) is 10.4. The van der Waals surface area contributed by atoms with E-state index in [1.807, 2.05) is 6.92 Å². The molecule has 0 bridgehead atoms. The minimum Gasteiger partial charge on any atom is -0.384 e. The molecule has 0 spiro atoms. The highest BCUT2D eigenvalue weighted by Gasteiger charge is 2.00. The molecule has 2 aromatic rings. The normalized spacial score (nSPS) is 10.1. The predicted octanol–water partition coefficient (Wildman–Crippen LogP) is 2.85. The van der Waals surface area contributed by atoms with Crippen LogP contribution < -0.4 is 11.1 Å². The quantitative estimate of drug-likeness (QED) is 0.813. The zero-order valence-corrected chi connectivity index (χ0v) is 8.87. The Balaban J connectivity index is 2.27. The van der Waals surface area contributed by atoms with Gasteiger partial charge in [-0.25, -0.2) is 9.37 Å². The molecule has 3 nitrogen and oxygen atoms in total. The molecule has 4 heteroatoms. The molecule has 0 aliphatic rings. The summed E-state index contributed by atoms with van der Waals surface area (Å²) < 4.78 is 12.9. The van der Waals surface area contributed by atoms with E-state index in [0.29, 0.717) is 5.82 Å². The minimum atomic E-state index is -0.239. The first-order valence-corrected chi connectivity index (χ1v) is 4.90. The molecule has 0 atom stereocenters. The Labute approximate surface area is 93.1 Å². The number of nitrogens with one attached hydrogen (secondary N) is 1. The largest absolute Gasteiger partial charge is 0.384 e. The number of aromatic nitrogens is 1. The monoisotopic (exact) mass is 217 g/mol. The van der Waals surface area contributed by atoms with Gasteiger partial charge >= 0.3 is 0 Å². The van der Waals surface area contributed by atoms with E-state index in [4.69, 9.17) is 5.73 Å². The molecule has 82 valence electrons. The van der Waals surface area contributed by atoms with E-state index in [2.05, 4.69) is 10.3 Å². The molecular weight excluding hydrogens is 205 g/mol. The van der Waals surface area contributed by atoms with Crippen molar-refractivity contribution in [3.05, 3.63) is 47.9 Å². The van der Waals surface area contributed by atoms with E-state index in [9.17, 15) is 4.39 Å². The van der Waals surface area contributed by atoms with Gasteiger partial charge in [-0.15, -0.1) is 0 Å². The fourth-order valence-corrected chi connectivity index (χ4v) is 1.45. The number of pyridine rings is 1. The van der Waals surface area contributed by atoms with Crippen LogP contribution in [0.5, 0.6) is 0 Å². The van der Waals surface area contributed by atoms with Gasteiger partial charge in [-0.3, -0.25) is 0 Å². The van der Waals surface area contributed by atoms with Crippen LogP contribution in [0, 0.1) is 12.7 Å². The van der Waals surface area contributed by atoms with Gasteiger partial charge in [0.25, 0.3) is 0 Å². The molecule has 1 aromatic carbocycles. The van der Waals surface area contributed by atoms with Crippen LogP contribution >= 0.6 is 0 Å². The molecule has 0 aliphatic heterocycles. The fraction of sp³-hybridized carbons (Fsp3) is 0.0833. The number of rotatable bonds is 2. The standard InChI is InChI=1S/C12H12FN3/c1-8-6-9(13)2-3-11(8)16-10-4-5-15-12(14)7-10/h2-7H,1H3,(H3,14,15,16). The third-order valence-electron chi connectivity index (χ3n) is 2.25. The number of halogens is 1. The maximum atomic E-state index is 12.9. The summed E-state index contributed by atoms with van der Waals surface area (Å²) in [4.78, 5) is 3.90. The zero-order chi connectivity index (χ0) is 11.5. The van der Waals surface area contributed by atoms with E-state index < -0.39 is 0 Å². The summed E-state index contributed by atoms with van der Waals surface area (Å²) in [7, 11) is 0. The number of aryl methyl sites for hydroxylation is 1. The number of nitrogens with two attached hydrogens (primary N) is 1. The Morgan fingerprint density at radius 2 is 2.06 bits per heavy atom. The predicted molar refractivity (Wildman–Crippen MR) is 63.1 cm³/mol. The van der Waals surface area contributed by atoms with Crippen molar-refractivity contribution in [2.45, 2.75) is 6.92 Å². The Morgan fingerprint density at radius 1 is 1.25 bits per heavy atom. The average Bonchev–Trinajstić information content (AvgIpc) is 2.22. The van der Waals surface area contributed by atoms with Crippen LogP contribution in [0.25, 0.3) is 0 Å². The van der Waals surface area contributed by atoms with Gasteiger partial charge in [0.1, 0.15) is 11.6 Å². The second-order valence-electron chi connectivity index (χ2n) is 3.55. The van der Waals surface area contributed by atoms with Crippen LogP contribution in [-0.2, 0) is 0 Å². The molecule has 0 saturated carbocycles. The van der Waals surface area contributed by atoms with Crippen LogP contribution in [0.3, 0.4) is 0 Å². The summed E-state index contributed by atoms with van der Waals surface area (Å²) >= 11 is 0. The first-order chi connectivity index (χ1) is 7.65. The van der Waals surface area contributed by atoms with Crippen LogP contribution in [0.1, 0.15) is 5.56 Å². The number of benzene rings is 1. The minimum absolute atomic E-state index is 0.239. The van der Waals surface area contributed by atoms with E-state index >= 15 is 0 Å². The number of anilines is 3. The highest BCUT2D eigenvalue weighted by molar-refractivity contribution is 5.64. The molecule has 0 unspecified atom stereocenters. The number of hydrogen-bond acceptors (Lipinski definition) is 3. The highest BCUT2D eigenvalue weighted by Crippen LogP contribution is 2.21. The van der Waals surface area contributed by atoms with Gasteiger partial charge in [0, 0.05) is 23.6 Å². The maximum Gasteiger partial charge on any atom is 0.125 e. The Bertz CT molecular complexity index is 511. The molecule has 1 heterocycles. The topological polar surface area (TPSA) is 50.9 Å². The van der Waals surface area contributed by atoms with Gasteiger partial charge in [0.05, 0.1) is 0 Å². The van der Waals surface area contributed by atoms with Crippen molar-refractivity contribution in [3.63, 3.8) is 0 Å². The van der Waals surface area contributed by atoms with Crippen molar-refractivity contribution in [2.75, 3.05) is 11.1 Å². The van der Waals surface area contributed by atoms with Crippen LogP contribution in [0.2, 0.25) is 0 Å². The smallest absolute Gasteiger partial charge is 0.125 e. The van der Waals surface area contributed by atoms with Gasteiger partial charge in [0.15, 0.2) is 0 Å². The molecule has 0 radical (unpaired) electrons. The van der Waals surface area contributed by atoms with Crippen LogP contribution in [0.4, 0.5) is 21.6 Å². The van der Waals surface area contributed by atoms with Gasteiger partial charge in [-0.1, -0.05) is 0 Å². The zero-order valence-electron chi connectivity index (χ0n) is 8.87. The second kappa shape index (κ2) is 4.18. The van der Waals surface area contributed by atoms with Crippen molar-refractivity contribution < 1.29 is 4.39 Å². The first-order valence-electron chi connectivity index (χ1n) is 4.90. The summed E-state index contributed by atoms with van der Waals surface area (Å²) in [5.41, 5.74) is 8.10. The summed E-state index contributed by atoms with van der Waals surface area (Å²) in [6, 6.07) is 8.12. The van der Waals surface area contributed by atoms with Crippen molar-refractivity contribution >= 4 is 17.2 Å². The summed E-state index contributed by atoms with van der Waals surface area (Å²) in [6.07, 6.45) is 1.62. The number of nitrogens with zero attached hydrogens (tertiary/aromatic N) is 1. The highest BCUT2D eigenvalue weighted by atomic mass is 19.1. The summed E-state index contributed by atoms with van der Waals surface area (Å²) in [5.74, 6) is 0.210. The molecule has 0 amide bonds. The molecule has 3 N–H and O–H groups in total. The lowest BCUT2D eigenvalue weighted by atomic mass is 10.2. The van der Waals surface area contributed by atoms with E-state index in [1.165, 1.54) is 12.1 Å². The van der Waals surface area contributed by atoms with E-state index in [-0.39, 0.29) is 5.82 Å². The molecule has 0 aliphatic carbocycles. The fourth-order valence-electron chi connectivity index (χ4n) is 1.45. The molecule has 0 saturated heterocycles. The van der Waals surface area contributed by atoms with Crippen LogP contribution in [0.15, 0.2) is 36.5 Å². The van der Waals surface area contributed by atoms with Crippen molar-refractivity contribution in [1.29, 1.82) is 0 Å². The third kappa shape index (κ3) is 2.28. The van der Waals surface area contributed by atoms with Gasteiger partial charge in [-0.05, 0) is 36.8 Å². The molecule has 1 aromatic heterocycles. The van der Waals surface area contributed by atoms with Gasteiger partial charge in [-0.2, -0.15) is 0 Å². The second-order valence-corrected chi connectivity index (χ2v) is 3.55. The van der Waals surface area contributed by atoms with E-state index in [1.54, 1.807) is 24.4 Å². The average molecular weight is 217 g/mol. The Hall–Kier alpha value is -2.10. The Kier molecular flexibility index (Phi) is 2.72. The SMILES string of the molecule is Cc1cc(F)ccc1Nc1ccnc(N)c1. The lowest BCUT2D eigenvalue weighted by molar-refractivity contribution is 0.627. The third-order valence-corrected chi connectivity index (χ3v) is 2.25. The lowest BCUT2D eigenvalue weighted by Gasteiger charge is -2.09. The summed E-state index contributed by atoms with van der Waals surface area (Å²) in [6.45, 7) is 1.84. The van der Waals surface area contributed by atoms with Crippen molar-refractivity contribution in [3.8, 4) is 0 Å². The lowest BCUT2D eigenvalue weighted by Crippen LogP contribution is -1.96. The maximum absolute atomic E-state index is 12.9. The van der Waals surface area contributed by atoms with Crippen molar-refractivity contribution in [2.24, 2.45) is 0 Å². The van der Waals surface area contributed by atoms with Gasteiger partial charge in [0.2, 0.25) is 0 Å². The molecular formula is C12H12FN3. The number of hydrogen-bond donors (Lipinski definition) is 2. The Morgan fingerprint density at radius 3 is 2.75 bits per heavy atom. The van der Waals surface area contributed by atoms with Gasteiger partial charge < -0.3 is 11.1 Å². The molecule has 0 fully saturated rings.